The number of hydrogen-bond donors (Lipinski definition) is 0. The Balaban J connectivity index is 2.23. The third-order valence-corrected chi connectivity index (χ3v) is 5.17. The summed E-state index contributed by atoms with van der Waals surface area (Å²) >= 11 is 19.8. The monoisotopic (exact) mass is 396 g/mol. The predicted molar refractivity (Wildman–Crippen MR) is 101 cm³/mol. The van der Waals surface area contributed by atoms with Crippen LogP contribution in [0.4, 0.5) is 0 Å². The lowest BCUT2D eigenvalue weighted by atomic mass is 10.2. The van der Waals surface area contributed by atoms with Crippen LogP contribution in [0.3, 0.4) is 0 Å². The zero-order valence-corrected chi connectivity index (χ0v) is 15.4. The van der Waals surface area contributed by atoms with Gasteiger partial charge in [0.15, 0.2) is 4.80 Å². The molecule has 122 valence electrons. The van der Waals surface area contributed by atoms with Gasteiger partial charge in [-0.3, -0.25) is 4.79 Å². The van der Waals surface area contributed by atoms with E-state index in [9.17, 15) is 4.79 Å². The van der Waals surface area contributed by atoms with Crippen LogP contribution < -0.4 is 4.80 Å². The van der Waals surface area contributed by atoms with Gasteiger partial charge in [0, 0.05) is 11.6 Å². The number of halogens is 3. The Morgan fingerprint density at radius 2 is 1.96 bits per heavy atom. The predicted octanol–water partition coefficient (Wildman–Crippen LogP) is 5.59. The quantitative estimate of drug-likeness (QED) is 0.530. The van der Waals surface area contributed by atoms with Crippen molar-refractivity contribution >= 4 is 62.3 Å². The van der Waals surface area contributed by atoms with Crippen molar-refractivity contribution in [1.29, 1.82) is 0 Å². The van der Waals surface area contributed by atoms with E-state index in [4.69, 9.17) is 34.8 Å². The van der Waals surface area contributed by atoms with Gasteiger partial charge in [-0.15, -0.1) is 6.58 Å². The molecule has 0 radical (unpaired) electrons. The Hall–Kier alpha value is -1.59. The van der Waals surface area contributed by atoms with Crippen LogP contribution in [0.15, 0.2) is 54.0 Å². The standard InChI is InChI=1S/C17H11Cl3N2OS/c1-2-7-22-15-13(20)8-10(18)9-14(15)24-17(22)21-16(23)11-5-3-4-6-12(11)19/h2-6,8-9H,1,7H2. The second-order valence-electron chi connectivity index (χ2n) is 4.92. The van der Waals surface area contributed by atoms with E-state index in [2.05, 4.69) is 11.6 Å². The van der Waals surface area contributed by atoms with E-state index in [-0.39, 0.29) is 0 Å². The van der Waals surface area contributed by atoms with Gasteiger partial charge in [-0.2, -0.15) is 4.99 Å². The number of nitrogens with zero attached hydrogens (tertiary/aromatic N) is 2. The van der Waals surface area contributed by atoms with Gasteiger partial charge in [0.05, 0.1) is 25.8 Å². The lowest BCUT2D eigenvalue weighted by Gasteiger charge is -2.03. The van der Waals surface area contributed by atoms with Gasteiger partial charge in [-0.25, -0.2) is 0 Å². The fourth-order valence-electron chi connectivity index (χ4n) is 2.29. The maximum Gasteiger partial charge on any atom is 0.281 e. The minimum atomic E-state index is -0.410. The number of fused-ring (bicyclic) bond motifs is 1. The summed E-state index contributed by atoms with van der Waals surface area (Å²) in [6.45, 7) is 4.22. The van der Waals surface area contributed by atoms with E-state index in [1.54, 1.807) is 42.5 Å². The van der Waals surface area contributed by atoms with Gasteiger partial charge in [-0.05, 0) is 24.3 Å². The van der Waals surface area contributed by atoms with Crippen molar-refractivity contribution in [2.75, 3.05) is 0 Å². The van der Waals surface area contributed by atoms with Crippen LogP contribution in [0.2, 0.25) is 15.1 Å². The molecule has 0 bridgehead atoms. The second-order valence-corrected chi connectivity index (χ2v) is 7.18. The summed E-state index contributed by atoms with van der Waals surface area (Å²) < 4.78 is 2.68. The molecule has 3 rings (SSSR count). The first-order valence-electron chi connectivity index (χ1n) is 6.94. The molecular formula is C17H11Cl3N2OS. The Kier molecular flexibility index (Phi) is 5.11. The van der Waals surface area contributed by atoms with Crippen molar-refractivity contribution < 1.29 is 4.79 Å². The van der Waals surface area contributed by atoms with E-state index in [1.807, 2.05) is 4.57 Å². The lowest BCUT2D eigenvalue weighted by Crippen LogP contribution is -2.16. The minimum absolute atomic E-state index is 0.353. The molecule has 0 saturated carbocycles. The third kappa shape index (κ3) is 3.28. The number of hydrogen-bond acceptors (Lipinski definition) is 2. The number of benzene rings is 2. The van der Waals surface area contributed by atoms with E-state index < -0.39 is 5.91 Å². The lowest BCUT2D eigenvalue weighted by molar-refractivity contribution is 0.0998. The Bertz CT molecular complexity index is 1020. The maximum absolute atomic E-state index is 12.5. The smallest absolute Gasteiger partial charge is 0.281 e. The highest BCUT2D eigenvalue weighted by atomic mass is 35.5. The topological polar surface area (TPSA) is 34.4 Å². The fraction of sp³-hybridized carbons (Fsp3) is 0.0588. The minimum Gasteiger partial charge on any atom is -0.311 e. The largest absolute Gasteiger partial charge is 0.311 e. The van der Waals surface area contributed by atoms with Crippen LogP contribution >= 0.6 is 46.1 Å². The summed E-state index contributed by atoms with van der Waals surface area (Å²) in [6.07, 6.45) is 1.72. The van der Waals surface area contributed by atoms with Gasteiger partial charge in [0.1, 0.15) is 0 Å². The van der Waals surface area contributed by atoms with E-state index in [0.717, 1.165) is 10.2 Å². The van der Waals surface area contributed by atoms with Crippen LogP contribution in [0.1, 0.15) is 10.4 Å². The SMILES string of the molecule is C=CCn1c(=NC(=O)c2ccccc2Cl)sc2cc(Cl)cc(Cl)c21. The summed E-state index contributed by atoms with van der Waals surface area (Å²) in [5, 5.41) is 1.40. The summed E-state index contributed by atoms with van der Waals surface area (Å²) in [5.41, 5.74) is 1.13. The first-order chi connectivity index (χ1) is 11.5. The summed E-state index contributed by atoms with van der Waals surface area (Å²) in [4.78, 5) is 17.2. The normalized spacial score (nSPS) is 11.9. The Labute approximate surface area is 157 Å². The molecule has 0 aliphatic rings. The maximum atomic E-state index is 12.5. The van der Waals surface area contributed by atoms with Crippen molar-refractivity contribution in [3.63, 3.8) is 0 Å². The Morgan fingerprint density at radius 1 is 1.21 bits per heavy atom. The van der Waals surface area contributed by atoms with Crippen LogP contribution in [0, 0.1) is 0 Å². The molecule has 0 spiro atoms. The van der Waals surface area contributed by atoms with Crippen molar-refractivity contribution in [2.45, 2.75) is 6.54 Å². The van der Waals surface area contributed by atoms with E-state index in [1.165, 1.54) is 11.3 Å². The van der Waals surface area contributed by atoms with Crippen molar-refractivity contribution in [2.24, 2.45) is 4.99 Å². The Morgan fingerprint density at radius 3 is 2.67 bits per heavy atom. The average molecular weight is 398 g/mol. The molecule has 0 saturated heterocycles. The molecule has 0 fully saturated rings. The molecule has 24 heavy (non-hydrogen) atoms. The number of aromatic nitrogens is 1. The molecule has 7 heteroatoms. The third-order valence-electron chi connectivity index (χ3n) is 3.31. The van der Waals surface area contributed by atoms with Gasteiger partial charge >= 0.3 is 0 Å². The van der Waals surface area contributed by atoms with Gasteiger partial charge in [0.2, 0.25) is 0 Å². The highest BCUT2D eigenvalue weighted by molar-refractivity contribution is 7.16. The summed E-state index contributed by atoms with van der Waals surface area (Å²) in [7, 11) is 0. The first kappa shape index (κ1) is 17.2. The highest BCUT2D eigenvalue weighted by Gasteiger charge is 2.13. The molecule has 0 N–H and O–H groups in total. The fourth-order valence-corrected chi connectivity index (χ4v) is 4.33. The first-order valence-corrected chi connectivity index (χ1v) is 8.89. The zero-order valence-electron chi connectivity index (χ0n) is 12.3. The number of rotatable bonds is 3. The van der Waals surface area contributed by atoms with Crippen molar-refractivity contribution in [3.05, 3.63) is 74.5 Å². The molecule has 0 aliphatic carbocycles. The molecule has 3 aromatic rings. The number of amides is 1. The molecule has 1 aromatic heterocycles. The summed E-state index contributed by atoms with van der Waals surface area (Å²) in [5.74, 6) is -0.410. The number of thiazole rings is 1. The van der Waals surface area contributed by atoms with Gasteiger partial charge in [-0.1, -0.05) is 64.3 Å². The summed E-state index contributed by atoms with van der Waals surface area (Å²) in [6, 6.07) is 10.3. The molecule has 2 aromatic carbocycles. The second kappa shape index (κ2) is 7.11. The van der Waals surface area contributed by atoms with Crippen LogP contribution in [0.25, 0.3) is 10.2 Å². The average Bonchev–Trinajstić information content (AvgIpc) is 2.85. The van der Waals surface area contributed by atoms with E-state index >= 15 is 0 Å². The molecular weight excluding hydrogens is 387 g/mol. The highest BCUT2D eigenvalue weighted by Crippen LogP contribution is 2.29. The van der Waals surface area contributed by atoms with Crippen molar-refractivity contribution in [3.8, 4) is 0 Å². The van der Waals surface area contributed by atoms with Crippen LogP contribution in [-0.4, -0.2) is 10.5 Å². The zero-order chi connectivity index (χ0) is 17.3. The molecule has 0 atom stereocenters. The number of carbonyl (C=O) groups excluding carboxylic acids is 1. The van der Waals surface area contributed by atoms with Crippen molar-refractivity contribution in [1.82, 2.24) is 4.57 Å². The molecule has 0 unspecified atom stereocenters. The number of allylic oxidation sites excluding steroid dienone is 1. The van der Waals surface area contributed by atoms with Gasteiger partial charge < -0.3 is 4.57 Å². The van der Waals surface area contributed by atoms with Crippen LogP contribution in [0.5, 0.6) is 0 Å². The van der Waals surface area contributed by atoms with Crippen LogP contribution in [-0.2, 0) is 6.54 Å². The molecule has 0 aliphatic heterocycles. The van der Waals surface area contributed by atoms with E-state index in [0.29, 0.717) is 32.0 Å². The molecule has 1 heterocycles. The number of carbonyl (C=O) groups is 1. The molecule has 1 amide bonds. The van der Waals surface area contributed by atoms with Gasteiger partial charge in [0.25, 0.3) is 5.91 Å². The molecule has 3 nitrogen and oxygen atoms in total.